The van der Waals surface area contributed by atoms with Gasteiger partial charge in [0.05, 0.1) is 13.2 Å². The number of benzene rings is 2. The molecule has 0 aromatic heterocycles. The highest BCUT2D eigenvalue weighted by atomic mass is 28.4. The Morgan fingerprint density at radius 2 is 1.52 bits per heavy atom. The molecule has 0 bridgehead atoms. The molecular formula is C26H34O4Si. The number of esters is 1. The summed E-state index contributed by atoms with van der Waals surface area (Å²) in [6, 6.07) is 21.0. The van der Waals surface area contributed by atoms with Crippen LogP contribution in [0.25, 0.3) is 0 Å². The van der Waals surface area contributed by atoms with Gasteiger partial charge in [-0.3, -0.25) is 9.59 Å². The Hall–Kier alpha value is -2.24. The van der Waals surface area contributed by atoms with Crippen molar-refractivity contribution in [3.63, 3.8) is 0 Å². The van der Waals surface area contributed by atoms with Crippen molar-refractivity contribution in [2.75, 3.05) is 7.11 Å². The van der Waals surface area contributed by atoms with Crippen LogP contribution < -0.4 is 10.4 Å². The Morgan fingerprint density at radius 3 is 1.94 bits per heavy atom. The predicted molar refractivity (Wildman–Crippen MR) is 126 cm³/mol. The lowest BCUT2D eigenvalue weighted by atomic mass is 9.75. The van der Waals surface area contributed by atoms with Crippen LogP contribution in [0.2, 0.25) is 5.04 Å². The molecule has 166 valence electrons. The van der Waals surface area contributed by atoms with Crippen LogP contribution in [0.5, 0.6) is 0 Å². The second-order valence-electron chi connectivity index (χ2n) is 9.40. The van der Waals surface area contributed by atoms with E-state index in [1.54, 1.807) is 0 Å². The number of Topliss-reactive ketones (excluding diaryl/α,β-unsaturated/α-hetero) is 1. The van der Waals surface area contributed by atoms with Crippen LogP contribution in [-0.4, -0.2) is 33.3 Å². The third kappa shape index (κ3) is 4.39. The van der Waals surface area contributed by atoms with E-state index < -0.39 is 20.2 Å². The largest absolute Gasteiger partial charge is 0.468 e. The fraction of sp³-hybridized carbons (Fsp3) is 0.462. The summed E-state index contributed by atoms with van der Waals surface area (Å²) in [6.45, 7) is 8.75. The van der Waals surface area contributed by atoms with Crippen molar-refractivity contribution in [1.82, 2.24) is 0 Å². The summed E-state index contributed by atoms with van der Waals surface area (Å²) in [5.41, 5.74) is 0. The number of carbonyl (C=O) groups excluding carboxylic acids is 2. The van der Waals surface area contributed by atoms with E-state index in [-0.39, 0.29) is 22.8 Å². The van der Waals surface area contributed by atoms with Gasteiger partial charge in [0.15, 0.2) is 0 Å². The summed E-state index contributed by atoms with van der Waals surface area (Å²) >= 11 is 0. The second-order valence-corrected chi connectivity index (χ2v) is 13.7. The van der Waals surface area contributed by atoms with E-state index in [0.717, 1.165) is 0 Å². The van der Waals surface area contributed by atoms with Crippen LogP contribution >= 0.6 is 0 Å². The maximum Gasteiger partial charge on any atom is 0.316 e. The zero-order valence-corrected chi connectivity index (χ0v) is 20.3. The van der Waals surface area contributed by atoms with E-state index in [4.69, 9.17) is 9.16 Å². The molecule has 2 aromatic carbocycles. The number of rotatable bonds is 6. The molecule has 1 aliphatic rings. The van der Waals surface area contributed by atoms with Crippen molar-refractivity contribution in [2.24, 2.45) is 11.8 Å². The first-order chi connectivity index (χ1) is 14.8. The van der Waals surface area contributed by atoms with Crippen molar-refractivity contribution in [3.8, 4) is 0 Å². The molecule has 1 fully saturated rings. The molecule has 0 radical (unpaired) electrons. The second kappa shape index (κ2) is 9.49. The van der Waals surface area contributed by atoms with E-state index in [0.29, 0.717) is 19.3 Å². The predicted octanol–water partition coefficient (Wildman–Crippen LogP) is 4.11. The van der Waals surface area contributed by atoms with Gasteiger partial charge in [0.1, 0.15) is 11.7 Å². The first kappa shape index (κ1) is 23.4. The Kier molecular flexibility index (Phi) is 7.17. The molecule has 0 aliphatic heterocycles. The lowest BCUT2D eigenvalue weighted by Gasteiger charge is -2.48. The molecule has 4 nitrogen and oxygen atoms in total. The van der Waals surface area contributed by atoms with E-state index >= 15 is 0 Å². The number of methoxy groups -OCH3 is 1. The molecule has 1 saturated carbocycles. The van der Waals surface area contributed by atoms with Gasteiger partial charge in [-0.05, 0) is 28.3 Å². The minimum absolute atomic E-state index is 0.0269. The number of hydrogen-bond acceptors (Lipinski definition) is 4. The smallest absolute Gasteiger partial charge is 0.316 e. The molecule has 0 spiro atoms. The van der Waals surface area contributed by atoms with Gasteiger partial charge in [-0.15, -0.1) is 0 Å². The highest BCUT2D eigenvalue weighted by Crippen LogP contribution is 2.42. The summed E-state index contributed by atoms with van der Waals surface area (Å²) in [4.78, 5) is 25.2. The van der Waals surface area contributed by atoms with Gasteiger partial charge < -0.3 is 9.16 Å². The maximum atomic E-state index is 12.7. The molecule has 3 atom stereocenters. The molecule has 0 amide bonds. The van der Waals surface area contributed by atoms with Crippen LogP contribution in [0.3, 0.4) is 0 Å². The quantitative estimate of drug-likeness (QED) is 0.387. The summed E-state index contributed by atoms with van der Waals surface area (Å²) in [5, 5.41) is 2.25. The van der Waals surface area contributed by atoms with Crippen molar-refractivity contribution in [3.05, 3.63) is 60.7 Å². The fourth-order valence-electron chi connectivity index (χ4n) is 5.10. The van der Waals surface area contributed by atoms with E-state index in [1.165, 1.54) is 17.5 Å². The van der Waals surface area contributed by atoms with Crippen LogP contribution in [0, 0.1) is 11.8 Å². The van der Waals surface area contributed by atoms with Gasteiger partial charge in [-0.2, -0.15) is 0 Å². The lowest BCUT2D eigenvalue weighted by Crippen LogP contribution is -2.68. The number of ketones is 1. The topological polar surface area (TPSA) is 52.6 Å². The summed E-state index contributed by atoms with van der Waals surface area (Å²) < 4.78 is 12.3. The molecule has 1 unspecified atom stereocenters. The van der Waals surface area contributed by atoms with Gasteiger partial charge in [0, 0.05) is 12.3 Å². The van der Waals surface area contributed by atoms with Gasteiger partial charge in [-0.25, -0.2) is 0 Å². The SMILES string of the molecule is CC[C@H]1C(O[Si](c2ccccc2)(c2ccccc2)C(C)(C)C)CCC(=O)[C@H]1C(=O)OC. The Morgan fingerprint density at radius 1 is 1.00 bits per heavy atom. The van der Waals surface area contributed by atoms with E-state index in [2.05, 4.69) is 69.3 Å². The van der Waals surface area contributed by atoms with E-state index in [9.17, 15) is 9.59 Å². The molecule has 2 aromatic rings. The fourth-order valence-corrected chi connectivity index (χ4v) is 9.87. The first-order valence-corrected chi connectivity index (χ1v) is 13.1. The average molecular weight is 439 g/mol. The third-order valence-corrected chi connectivity index (χ3v) is 11.7. The zero-order chi connectivity index (χ0) is 22.6. The Bertz CT molecular complexity index is 841. The van der Waals surface area contributed by atoms with Crippen LogP contribution in [0.1, 0.15) is 47.0 Å². The van der Waals surface area contributed by atoms with Gasteiger partial charge >= 0.3 is 5.97 Å². The number of ether oxygens (including phenoxy) is 1. The highest BCUT2D eigenvalue weighted by Gasteiger charge is 2.54. The molecular weight excluding hydrogens is 404 g/mol. The molecule has 31 heavy (non-hydrogen) atoms. The standard InChI is InChI=1S/C26H34O4Si/c1-6-21-23(18-17-22(27)24(21)25(28)29-5)30-31(26(2,3)4,19-13-9-7-10-14-19)20-15-11-8-12-16-20/h7-16,21,23-24H,6,17-18H2,1-5H3/t21-,23?,24-/m0/s1. The van der Waals surface area contributed by atoms with Crippen LogP contribution in [0.15, 0.2) is 60.7 Å². The molecule has 1 aliphatic carbocycles. The minimum atomic E-state index is -2.75. The Balaban J connectivity index is 2.15. The maximum absolute atomic E-state index is 12.7. The highest BCUT2D eigenvalue weighted by molar-refractivity contribution is 6.99. The summed E-state index contributed by atoms with van der Waals surface area (Å²) in [7, 11) is -1.40. The van der Waals surface area contributed by atoms with Crippen molar-refractivity contribution in [2.45, 2.75) is 58.1 Å². The molecule has 5 heteroatoms. The van der Waals surface area contributed by atoms with Crippen molar-refractivity contribution in [1.29, 1.82) is 0 Å². The zero-order valence-electron chi connectivity index (χ0n) is 19.3. The van der Waals surface area contributed by atoms with Crippen molar-refractivity contribution < 1.29 is 18.8 Å². The molecule has 0 N–H and O–H groups in total. The van der Waals surface area contributed by atoms with E-state index in [1.807, 2.05) is 19.1 Å². The lowest BCUT2D eigenvalue weighted by molar-refractivity contribution is -0.156. The Labute approximate surface area is 187 Å². The van der Waals surface area contributed by atoms with Gasteiger partial charge in [0.25, 0.3) is 8.32 Å². The third-order valence-electron chi connectivity index (χ3n) is 6.60. The van der Waals surface area contributed by atoms with Crippen LogP contribution in [-0.2, 0) is 18.8 Å². The van der Waals surface area contributed by atoms with Gasteiger partial charge in [-0.1, -0.05) is 88.4 Å². The van der Waals surface area contributed by atoms with Crippen molar-refractivity contribution >= 4 is 30.4 Å². The molecule has 0 saturated heterocycles. The summed E-state index contributed by atoms with van der Waals surface area (Å²) in [6.07, 6.45) is 1.49. The summed E-state index contributed by atoms with van der Waals surface area (Å²) in [5.74, 6) is -1.39. The molecule has 3 rings (SSSR count). The first-order valence-electron chi connectivity index (χ1n) is 11.2. The monoisotopic (exact) mass is 438 g/mol. The molecule has 0 heterocycles. The number of hydrogen-bond donors (Lipinski definition) is 0. The normalized spacial score (nSPS) is 22.2. The van der Waals surface area contributed by atoms with Gasteiger partial charge in [0.2, 0.25) is 0 Å². The average Bonchev–Trinajstić information content (AvgIpc) is 2.77. The minimum Gasteiger partial charge on any atom is -0.468 e. The number of carbonyl (C=O) groups is 2. The van der Waals surface area contributed by atoms with Crippen LogP contribution in [0.4, 0.5) is 0 Å².